The summed E-state index contributed by atoms with van der Waals surface area (Å²) in [5.74, 6) is -0.271. The first-order chi connectivity index (χ1) is 15.4. The molecular formula is C25H39N3O4. The molecule has 0 radical (unpaired) electrons. The van der Waals surface area contributed by atoms with E-state index in [4.69, 9.17) is 4.74 Å². The summed E-state index contributed by atoms with van der Waals surface area (Å²) < 4.78 is 5.11. The number of carbonyl (C=O) groups is 3. The van der Waals surface area contributed by atoms with Gasteiger partial charge >= 0.3 is 5.97 Å². The van der Waals surface area contributed by atoms with Gasteiger partial charge in [-0.3, -0.25) is 9.59 Å². The summed E-state index contributed by atoms with van der Waals surface area (Å²) in [6.07, 6.45) is 9.71. The van der Waals surface area contributed by atoms with Gasteiger partial charge in [-0.1, -0.05) is 25.7 Å². The van der Waals surface area contributed by atoms with Gasteiger partial charge in [0.05, 0.1) is 12.5 Å². The van der Waals surface area contributed by atoms with Crippen LogP contribution in [0.15, 0.2) is 0 Å². The van der Waals surface area contributed by atoms with Crippen molar-refractivity contribution >= 4 is 17.8 Å². The van der Waals surface area contributed by atoms with Crippen molar-refractivity contribution in [2.75, 3.05) is 19.7 Å². The molecule has 32 heavy (non-hydrogen) atoms. The number of esters is 1. The standard InChI is InChI=1S/C25H39N3O4/c1-4-32-25(31)23-17(2)21(18(3)26-23)13-14-22(29)28-15-9-10-19(16-28)24(30)27-20-11-7-5-6-8-12-20/h19-20,26H,4-16H2,1-3H3,(H,27,30)/t19-/m1/s1. The number of rotatable bonds is 7. The number of nitrogens with zero attached hydrogens (tertiary/aromatic N) is 1. The maximum Gasteiger partial charge on any atom is 0.355 e. The Bertz CT molecular complexity index is 808. The Morgan fingerprint density at radius 2 is 1.78 bits per heavy atom. The van der Waals surface area contributed by atoms with Gasteiger partial charge in [0, 0.05) is 31.2 Å². The zero-order valence-corrected chi connectivity index (χ0v) is 19.9. The molecule has 2 amide bonds. The monoisotopic (exact) mass is 445 g/mol. The number of H-pyrrole nitrogens is 1. The van der Waals surface area contributed by atoms with Crippen molar-refractivity contribution in [2.45, 2.75) is 91.0 Å². The van der Waals surface area contributed by atoms with E-state index in [0.717, 1.165) is 42.5 Å². The zero-order valence-electron chi connectivity index (χ0n) is 19.9. The summed E-state index contributed by atoms with van der Waals surface area (Å²) in [4.78, 5) is 42.8. The molecule has 2 heterocycles. The van der Waals surface area contributed by atoms with Crippen molar-refractivity contribution in [3.8, 4) is 0 Å². The maximum atomic E-state index is 12.9. The average Bonchev–Trinajstić information content (AvgIpc) is 2.94. The highest BCUT2D eigenvalue weighted by molar-refractivity contribution is 5.90. The predicted octanol–water partition coefficient (Wildman–Crippen LogP) is 3.82. The van der Waals surface area contributed by atoms with Crippen molar-refractivity contribution in [1.29, 1.82) is 0 Å². The summed E-state index contributed by atoms with van der Waals surface area (Å²) in [5.41, 5.74) is 3.23. The molecule has 0 unspecified atom stereocenters. The fourth-order valence-corrected chi connectivity index (χ4v) is 5.12. The number of hydrogen-bond acceptors (Lipinski definition) is 4. The molecular weight excluding hydrogens is 406 g/mol. The van der Waals surface area contributed by atoms with Crippen LogP contribution in [0.4, 0.5) is 0 Å². The van der Waals surface area contributed by atoms with Gasteiger partial charge in [0.2, 0.25) is 11.8 Å². The number of carbonyl (C=O) groups excluding carboxylic acids is 3. The molecule has 1 saturated carbocycles. The molecule has 2 fully saturated rings. The fraction of sp³-hybridized carbons (Fsp3) is 0.720. The summed E-state index contributed by atoms with van der Waals surface area (Å²) >= 11 is 0. The molecule has 1 saturated heterocycles. The first kappa shape index (κ1) is 24.3. The van der Waals surface area contributed by atoms with Crippen molar-refractivity contribution in [3.63, 3.8) is 0 Å². The van der Waals surface area contributed by atoms with Gasteiger partial charge in [0.1, 0.15) is 5.69 Å². The van der Waals surface area contributed by atoms with E-state index in [9.17, 15) is 14.4 Å². The molecule has 0 bridgehead atoms. The second kappa shape index (κ2) is 11.5. The number of ether oxygens (including phenoxy) is 1. The molecule has 3 rings (SSSR count). The lowest BCUT2D eigenvalue weighted by atomic mass is 9.95. The van der Waals surface area contributed by atoms with Gasteiger partial charge in [-0.25, -0.2) is 4.79 Å². The molecule has 7 nitrogen and oxygen atoms in total. The number of aromatic amines is 1. The quantitative estimate of drug-likeness (QED) is 0.493. The normalized spacial score (nSPS) is 20.0. The second-order valence-electron chi connectivity index (χ2n) is 9.33. The number of amides is 2. The van der Waals surface area contributed by atoms with E-state index in [1.165, 1.54) is 25.7 Å². The smallest absolute Gasteiger partial charge is 0.355 e. The summed E-state index contributed by atoms with van der Waals surface area (Å²) in [6, 6.07) is 0.296. The third-order valence-corrected chi connectivity index (χ3v) is 7.01. The Kier molecular flexibility index (Phi) is 8.76. The molecule has 1 aromatic rings. The summed E-state index contributed by atoms with van der Waals surface area (Å²) in [7, 11) is 0. The van der Waals surface area contributed by atoms with E-state index in [0.29, 0.717) is 44.3 Å². The molecule has 2 aliphatic rings. The van der Waals surface area contributed by atoms with E-state index < -0.39 is 0 Å². The average molecular weight is 446 g/mol. The lowest BCUT2D eigenvalue weighted by Gasteiger charge is -2.33. The SMILES string of the molecule is CCOC(=O)c1[nH]c(C)c(CCC(=O)N2CCC[C@@H](C(=O)NC3CCCCCC3)C2)c1C. The number of piperidine rings is 1. The minimum Gasteiger partial charge on any atom is -0.461 e. The molecule has 2 N–H and O–H groups in total. The molecule has 1 aliphatic carbocycles. The largest absolute Gasteiger partial charge is 0.461 e. The van der Waals surface area contributed by atoms with Gasteiger partial charge in [-0.2, -0.15) is 0 Å². The lowest BCUT2D eigenvalue weighted by Crippen LogP contribution is -2.47. The molecule has 1 atom stereocenters. The van der Waals surface area contributed by atoms with Crippen molar-refractivity contribution in [3.05, 3.63) is 22.5 Å². The van der Waals surface area contributed by atoms with Crippen LogP contribution in [0, 0.1) is 19.8 Å². The van der Waals surface area contributed by atoms with Crippen LogP contribution in [0.25, 0.3) is 0 Å². The Morgan fingerprint density at radius 1 is 1.06 bits per heavy atom. The predicted molar refractivity (Wildman–Crippen MR) is 123 cm³/mol. The Balaban J connectivity index is 1.53. The number of nitrogens with one attached hydrogen (secondary N) is 2. The number of hydrogen-bond donors (Lipinski definition) is 2. The summed E-state index contributed by atoms with van der Waals surface area (Å²) in [6.45, 7) is 7.15. The minimum absolute atomic E-state index is 0.0784. The molecule has 0 aromatic carbocycles. The number of aryl methyl sites for hydroxylation is 1. The van der Waals surface area contributed by atoms with Crippen LogP contribution in [0.2, 0.25) is 0 Å². The molecule has 1 aliphatic heterocycles. The fourth-order valence-electron chi connectivity index (χ4n) is 5.12. The Morgan fingerprint density at radius 3 is 2.47 bits per heavy atom. The highest BCUT2D eigenvalue weighted by Crippen LogP contribution is 2.23. The Hall–Kier alpha value is -2.31. The first-order valence-corrected chi connectivity index (χ1v) is 12.3. The van der Waals surface area contributed by atoms with Crippen LogP contribution < -0.4 is 5.32 Å². The molecule has 0 spiro atoms. The van der Waals surface area contributed by atoms with E-state index in [-0.39, 0.29) is 23.7 Å². The third kappa shape index (κ3) is 6.14. The third-order valence-electron chi connectivity index (χ3n) is 7.01. The van der Waals surface area contributed by atoms with E-state index in [1.807, 2.05) is 18.7 Å². The van der Waals surface area contributed by atoms with E-state index in [1.54, 1.807) is 6.92 Å². The number of likely N-dealkylation sites (tertiary alicyclic amines) is 1. The van der Waals surface area contributed by atoms with E-state index in [2.05, 4.69) is 10.3 Å². The second-order valence-corrected chi connectivity index (χ2v) is 9.33. The topological polar surface area (TPSA) is 91.5 Å². The van der Waals surface area contributed by atoms with Crippen LogP contribution in [-0.4, -0.2) is 53.4 Å². The van der Waals surface area contributed by atoms with Crippen LogP contribution in [0.1, 0.15) is 92.0 Å². The van der Waals surface area contributed by atoms with Gasteiger partial charge < -0.3 is 19.9 Å². The van der Waals surface area contributed by atoms with Gasteiger partial charge in [0.15, 0.2) is 0 Å². The van der Waals surface area contributed by atoms with Crippen LogP contribution in [-0.2, 0) is 20.7 Å². The van der Waals surface area contributed by atoms with Crippen LogP contribution in [0.3, 0.4) is 0 Å². The van der Waals surface area contributed by atoms with Gasteiger partial charge in [-0.15, -0.1) is 0 Å². The molecule has 1 aromatic heterocycles. The minimum atomic E-state index is -0.357. The summed E-state index contributed by atoms with van der Waals surface area (Å²) in [5, 5.41) is 3.26. The van der Waals surface area contributed by atoms with Crippen molar-refractivity contribution in [2.24, 2.45) is 5.92 Å². The van der Waals surface area contributed by atoms with Crippen LogP contribution in [0.5, 0.6) is 0 Å². The van der Waals surface area contributed by atoms with Crippen molar-refractivity contribution in [1.82, 2.24) is 15.2 Å². The van der Waals surface area contributed by atoms with Crippen molar-refractivity contribution < 1.29 is 19.1 Å². The Labute approximate surface area is 191 Å². The van der Waals surface area contributed by atoms with Gasteiger partial charge in [-0.05, 0) is 64.0 Å². The number of aromatic nitrogens is 1. The molecule has 178 valence electrons. The highest BCUT2D eigenvalue weighted by Gasteiger charge is 2.30. The zero-order chi connectivity index (χ0) is 23.1. The van der Waals surface area contributed by atoms with Crippen LogP contribution >= 0.6 is 0 Å². The lowest BCUT2D eigenvalue weighted by molar-refractivity contribution is -0.135. The molecule has 7 heteroatoms. The van der Waals surface area contributed by atoms with Gasteiger partial charge in [0.25, 0.3) is 0 Å². The highest BCUT2D eigenvalue weighted by atomic mass is 16.5. The maximum absolute atomic E-state index is 12.9. The first-order valence-electron chi connectivity index (χ1n) is 12.3. The van der Waals surface area contributed by atoms with E-state index >= 15 is 0 Å².